The van der Waals surface area contributed by atoms with Crippen molar-refractivity contribution in [2.24, 2.45) is 5.92 Å². The average molecular weight is 365 g/mol. The zero-order chi connectivity index (χ0) is 16.1. The second kappa shape index (κ2) is 9.41. The molecule has 130 valence electrons. The fraction of sp³-hybridized carbons (Fsp3) is 0.450. The van der Waals surface area contributed by atoms with Crippen LogP contribution in [0.15, 0.2) is 42.6 Å². The normalized spacial score (nSPS) is 15.9. The molecule has 2 nitrogen and oxygen atoms in total. The highest BCUT2D eigenvalue weighted by atomic mass is 35.5. The zero-order valence-electron chi connectivity index (χ0n) is 14.2. The Kier molecular flexibility index (Phi) is 7.54. The van der Waals surface area contributed by atoms with Gasteiger partial charge in [-0.05, 0) is 87.5 Å². The summed E-state index contributed by atoms with van der Waals surface area (Å²) >= 11 is 6.08. The third-order valence-corrected chi connectivity index (χ3v) is 5.11. The molecule has 1 fully saturated rings. The smallest absolute Gasteiger partial charge is 0.0438 e. The number of nitrogens with zero attached hydrogens (tertiary/aromatic N) is 2. The molecule has 0 bridgehead atoms. The van der Waals surface area contributed by atoms with Gasteiger partial charge < -0.3 is 4.90 Å². The van der Waals surface area contributed by atoms with Gasteiger partial charge in [0.2, 0.25) is 0 Å². The van der Waals surface area contributed by atoms with Gasteiger partial charge in [0.25, 0.3) is 0 Å². The topological polar surface area (TPSA) is 16.1 Å². The molecule has 24 heavy (non-hydrogen) atoms. The van der Waals surface area contributed by atoms with Gasteiger partial charge in [0.15, 0.2) is 0 Å². The van der Waals surface area contributed by atoms with Crippen molar-refractivity contribution in [1.29, 1.82) is 0 Å². The second-order valence-corrected chi connectivity index (χ2v) is 7.13. The molecule has 0 saturated carbocycles. The van der Waals surface area contributed by atoms with Crippen molar-refractivity contribution in [3.63, 3.8) is 0 Å². The van der Waals surface area contributed by atoms with Crippen LogP contribution in [0.5, 0.6) is 0 Å². The summed E-state index contributed by atoms with van der Waals surface area (Å²) < 4.78 is 0. The minimum Gasteiger partial charge on any atom is -0.306 e. The van der Waals surface area contributed by atoms with Gasteiger partial charge in [-0.15, -0.1) is 12.4 Å². The van der Waals surface area contributed by atoms with Crippen molar-refractivity contribution < 1.29 is 0 Å². The summed E-state index contributed by atoms with van der Waals surface area (Å²) in [5.74, 6) is 0.783. The molecule has 2 aromatic rings. The molecule has 0 aliphatic carbocycles. The van der Waals surface area contributed by atoms with E-state index >= 15 is 0 Å². The van der Waals surface area contributed by atoms with Crippen LogP contribution in [-0.2, 0) is 19.3 Å². The molecule has 0 radical (unpaired) electrons. The summed E-state index contributed by atoms with van der Waals surface area (Å²) in [5, 5.41) is 0.820. The van der Waals surface area contributed by atoms with E-state index in [1.165, 1.54) is 42.8 Å². The average Bonchev–Trinajstić information content (AvgIpc) is 2.56. The quantitative estimate of drug-likeness (QED) is 0.755. The van der Waals surface area contributed by atoms with Crippen LogP contribution >= 0.6 is 24.0 Å². The van der Waals surface area contributed by atoms with Crippen LogP contribution < -0.4 is 0 Å². The lowest BCUT2D eigenvalue weighted by molar-refractivity contribution is 0.218. The highest BCUT2D eigenvalue weighted by Gasteiger charge is 2.18. The lowest BCUT2D eigenvalue weighted by Crippen LogP contribution is -2.31. The Balaban J connectivity index is 0.00000208. The van der Waals surface area contributed by atoms with E-state index in [-0.39, 0.29) is 12.4 Å². The molecule has 0 N–H and O–H groups in total. The van der Waals surface area contributed by atoms with E-state index in [1.807, 2.05) is 18.3 Å². The molecule has 3 rings (SSSR count). The van der Waals surface area contributed by atoms with Crippen molar-refractivity contribution in [1.82, 2.24) is 9.88 Å². The Morgan fingerprint density at radius 2 is 1.92 bits per heavy atom. The van der Waals surface area contributed by atoms with Crippen LogP contribution in [0.25, 0.3) is 0 Å². The highest BCUT2D eigenvalue weighted by molar-refractivity contribution is 6.30. The Hall–Kier alpha value is -1.09. The van der Waals surface area contributed by atoms with E-state index in [1.54, 1.807) is 0 Å². The predicted molar refractivity (Wildman–Crippen MR) is 104 cm³/mol. The number of aryl methyl sites for hydroxylation is 2. The SMILES string of the molecule is CN1CCC(Cc2ncccc2CCc2cccc(Cl)c2)CC1.Cl. The van der Waals surface area contributed by atoms with Crippen molar-refractivity contribution in [3.05, 3.63) is 64.4 Å². The number of pyridine rings is 1. The van der Waals surface area contributed by atoms with E-state index in [9.17, 15) is 0 Å². The highest BCUT2D eigenvalue weighted by Crippen LogP contribution is 2.22. The first-order valence-electron chi connectivity index (χ1n) is 8.56. The first-order chi connectivity index (χ1) is 11.2. The number of piperidine rings is 1. The molecular formula is C20H26Cl2N2. The molecule has 0 spiro atoms. The minimum absolute atomic E-state index is 0. The number of aromatic nitrogens is 1. The Morgan fingerprint density at radius 3 is 2.67 bits per heavy atom. The van der Waals surface area contributed by atoms with Crippen LogP contribution in [0.2, 0.25) is 5.02 Å². The van der Waals surface area contributed by atoms with E-state index in [0.717, 1.165) is 30.2 Å². The Bertz CT molecular complexity index is 637. The molecule has 1 aromatic carbocycles. The lowest BCUT2D eigenvalue weighted by Gasteiger charge is -2.29. The number of hydrogen-bond donors (Lipinski definition) is 0. The summed E-state index contributed by atoms with van der Waals surface area (Å²) in [5.41, 5.74) is 3.99. The zero-order valence-corrected chi connectivity index (χ0v) is 15.8. The summed E-state index contributed by atoms with van der Waals surface area (Å²) in [4.78, 5) is 7.11. The molecule has 1 saturated heterocycles. The van der Waals surface area contributed by atoms with E-state index < -0.39 is 0 Å². The molecular weight excluding hydrogens is 339 g/mol. The van der Waals surface area contributed by atoms with E-state index in [4.69, 9.17) is 11.6 Å². The molecule has 1 aliphatic rings. The molecule has 0 amide bonds. The van der Waals surface area contributed by atoms with Crippen molar-refractivity contribution in [2.75, 3.05) is 20.1 Å². The van der Waals surface area contributed by atoms with Gasteiger partial charge in [-0.25, -0.2) is 0 Å². The summed E-state index contributed by atoms with van der Waals surface area (Å²) in [7, 11) is 2.22. The third kappa shape index (κ3) is 5.47. The number of rotatable bonds is 5. The number of hydrogen-bond acceptors (Lipinski definition) is 2. The van der Waals surface area contributed by atoms with Crippen LogP contribution in [0.3, 0.4) is 0 Å². The van der Waals surface area contributed by atoms with Gasteiger partial charge in [-0.2, -0.15) is 0 Å². The Morgan fingerprint density at radius 1 is 1.12 bits per heavy atom. The molecule has 1 aromatic heterocycles. The number of benzene rings is 1. The maximum absolute atomic E-state index is 6.08. The van der Waals surface area contributed by atoms with Crippen LogP contribution in [0.1, 0.15) is 29.7 Å². The van der Waals surface area contributed by atoms with Gasteiger partial charge in [0, 0.05) is 16.9 Å². The van der Waals surface area contributed by atoms with Gasteiger partial charge >= 0.3 is 0 Å². The van der Waals surface area contributed by atoms with Gasteiger partial charge in [-0.3, -0.25) is 4.98 Å². The third-order valence-electron chi connectivity index (χ3n) is 4.88. The van der Waals surface area contributed by atoms with Crippen LogP contribution in [-0.4, -0.2) is 30.0 Å². The van der Waals surface area contributed by atoms with Crippen molar-refractivity contribution >= 4 is 24.0 Å². The monoisotopic (exact) mass is 364 g/mol. The van der Waals surface area contributed by atoms with Gasteiger partial charge in [0.1, 0.15) is 0 Å². The second-order valence-electron chi connectivity index (χ2n) is 6.69. The lowest BCUT2D eigenvalue weighted by atomic mass is 9.90. The Labute approximate surface area is 156 Å². The summed E-state index contributed by atoms with van der Waals surface area (Å²) in [6, 6.07) is 12.5. The van der Waals surface area contributed by atoms with Crippen molar-refractivity contribution in [2.45, 2.75) is 32.1 Å². The number of likely N-dealkylation sites (tertiary alicyclic amines) is 1. The summed E-state index contributed by atoms with van der Waals surface area (Å²) in [6.45, 7) is 2.44. The largest absolute Gasteiger partial charge is 0.306 e. The fourth-order valence-electron chi connectivity index (χ4n) is 3.39. The molecule has 1 aliphatic heterocycles. The minimum atomic E-state index is 0. The number of halogens is 2. The van der Waals surface area contributed by atoms with Crippen LogP contribution in [0.4, 0.5) is 0 Å². The molecule has 2 heterocycles. The van der Waals surface area contributed by atoms with Gasteiger partial charge in [-0.1, -0.05) is 29.8 Å². The first kappa shape index (κ1) is 19.2. The maximum Gasteiger partial charge on any atom is 0.0438 e. The first-order valence-corrected chi connectivity index (χ1v) is 8.94. The van der Waals surface area contributed by atoms with E-state index in [2.05, 4.69) is 41.2 Å². The standard InChI is InChI=1S/C20H25ClN2.ClH/c1-23-12-9-17(10-13-23)15-20-18(5-3-11-22-20)8-7-16-4-2-6-19(21)14-16;/h2-6,11,14,17H,7-10,12-13,15H2,1H3;1H. The van der Waals surface area contributed by atoms with E-state index in [0.29, 0.717) is 0 Å². The molecule has 0 unspecified atom stereocenters. The predicted octanol–water partition coefficient (Wildman–Crippen LogP) is 4.83. The maximum atomic E-state index is 6.08. The molecule has 0 atom stereocenters. The van der Waals surface area contributed by atoms with Crippen molar-refractivity contribution in [3.8, 4) is 0 Å². The molecule has 4 heteroatoms. The summed E-state index contributed by atoms with van der Waals surface area (Å²) in [6.07, 6.45) is 7.71. The van der Waals surface area contributed by atoms with Gasteiger partial charge in [0.05, 0.1) is 0 Å². The van der Waals surface area contributed by atoms with Crippen LogP contribution in [0, 0.1) is 5.92 Å². The fourth-order valence-corrected chi connectivity index (χ4v) is 3.61.